The highest BCUT2D eigenvalue weighted by atomic mass is 32.2. The van der Waals surface area contributed by atoms with Crippen LogP contribution in [-0.2, 0) is 10.0 Å². The first-order valence-corrected chi connectivity index (χ1v) is 8.93. The molecule has 0 aliphatic carbocycles. The molecule has 0 amide bonds. The summed E-state index contributed by atoms with van der Waals surface area (Å²) in [6.45, 7) is 3.68. The SMILES string of the molecule is COc1c(C)cccc1S(=O)(=O)Nc1cccc2ccc(C)nc12. The van der Waals surface area contributed by atoms with Gasteiger partial charge in [0.1, 0.15) is 10.6 Å². The summed E-state index contributed by atoms with van der Waals surface area (Å²) in [6, 6.07) is 14.2. The van der Waals surface area contributed by atoms with Crippen LogP contribution in [0.25, 0.3) is 10.9 Å². The average molecular weight is 342 g/mol. The number of para-hydroxylation sites is 2. The van der Waals surface area contributed by atoms with E-state index in [0.717, 1.165) is 16.6 Å². The monoisotopic (exact) mass is 342 g/mol. The molecular formula is C18H18N2O3S. The van der Waals surface area contributed by atoms with Crippen LogP contribution in [0.3, 0.4) is 0 Å². The molecule has 0 radical (unpaired) electrons. The fraction of sp³-hybridized carbons (Fsp3) is 0.167. The van der Waals surface area contributed by atoms with Crippen molar-refractivity contribution in [2.75, 3.05) is 11.8 Å². The van der Waals surface area contributed by atoms with Crippen molar-refractivity contribution in [2.24, 2.45) is 0 Å². The van der Waals surface area contributed by atoms with Crippen LogP contribution in [-0.4, -0.2) is 20.5 Å². The van der Waals surface area contributed by atoms with Gasteiger partial charge in [0.05, 0.1) is 18.3 Å². The topological polar surface area (TPSA) is 68.3 Å². The van der Waals surface area contributed by atoms with E-state index in [-0.39, 0.29) is 4.90 Å². The van der Waals surface area contributed by atoms with Crippen molar-refractivity contribution < 1.29 is 13.2 Å². The molecule has 3 aromatic rings. The van der Waals surface area contributed by atoms with Gasteiger partial charge >= 0.3 is 0 Å². The molecule has 0 saturated carbocycles. The van der Waals surface area contributed by atoms with Crippen molar-refractivity contribution in [3.05, 3.63) is 59.8 Å². The van der Waals surface area contributed by atoms with E-state index in [1.54, 1.807) is 31.2 Å². The second-order valence-electron chi connectivity index (χ2n) is 5.54. The van der Waals surface area contributed by atoms with Crippen LogP contribution in [0.15, 0.2) is 53.4 Å². The maximum Gasteiger partial charge on any atom is 0.265 e. The van der Waals surface area contributed by atoms with E-state index < -0.39 is 10.0 Å². The second kappa shape index (κ2) is 6.13. The van der Waals surface area contributed by atoms with E-state index in [9.17, 15) is 8.42 Å². The van der Waals surface area contributed by atoms with Crippen molar-refractivity contribution in [3.63, 3.8) is 0 Å². The molecule has 24 heavy (non-hydrogen) atoms. The Hall–Kier alpha value is -2.60. The van der Waals surface area contributed by atoms with Gasteiger partial charge in [0.2, 0.25) is 0 Å². The predicted octanol–water partition coefficient (Wildman–Crippen LogP) is 3.66. The van der Waals surface area contributed by atoms with Crippen LogP contribution in [0, 0.1) is 13.8 Å². The number of nitrogens with zero attached hydrogens (tertiary/aromatic N) is 1. The third-order valence-corrected chi connectivity index (χ3v) is 5.16. The lowest BCUT2D eigenvalue weighted by atomic mass is 10.2. The number of methoxy groups -OCH3 is 1. The van der Waals surface area contributed by atoms with Crippen molar-refractivity contribution in [3.8, 4) is 5.75 Å². The lowest BCUT2D eigenvalue weighted by Crippen LogP contribution is -2.15. The lowest BCUT2D eigenvalue weighted by molar-refractivity contribution is 0.399. The van der Waals surface area contributed by atoms with Gasteiger partial charge in [-0.25, -0.2) is 8.42 Å². The zero-order chi connectivity index (χ0) is 17.3. The van der Waals surface area contributed by atoms with Gasteiger partial charge in [-0.1, -0.05) is 30.3 Å². The summed E-state index contributed by atoms with van der Waals surface area (Å²) < 4.78 is 33.6. The quantitative estimate of drug-likeness (QED) is 0.785. The Labute approximate surface area is 141 Å². The highest BCUT2D eigenvalue weighted by Crippen LogP contribution is 2.30. The summed E-state index contributed by atoms with van der Waals surface area (Å²) >= 11 is 0. The molecule has 1 aromatic heterocycles. The number of hydrogen-bond donors (Lipinski definition) is 1. The smallest absolute Gasteiger partial charge is 0.265 e. The fourth-order valence-electron chi connectivity index (χ4n) is 2.63. The molecule has 0 spiro atoms. The number of anilines is 1. The molecule has 2 aromatic carbocycles. The van der Waals surface area contributed by atoms with E-state index in [0.29, 0.717) is 17.0 Å². The first kappa shape index (κ1) is 16.3. The van der Waals surface area contributed by atoms with E-state index in [1.807, 2.05) is 25.1 Å². The molecule has 0 unspecified atom stereocenters. The Kier molecular flexibility index (Phi) is 4.15. The summed E-state index contributed by atoms with van der Waals surface area (Å²) in [6.07, 6.45) is 0. The number of sulfonamides is 1. The largest absolute Gasteiger partial charge is 0.495 e. The zero-order valence-electron chi connectivity index (χ0n) is 13.7. The third kappa shape index (κ3) is 2.92. The van der Waals surface area contributed by atoms with Gasteiger partial charge in [0, 0.05) is 11.1 Å². The third-order valence-electron chi connectivity index (χ3n) is 3.77. The molecule has 0 fully saturated rings. The standard InChI is InChI=1S/C18H18N2O3S/c1-12-6-4-9-16(18(12)23-3)24(21,22)20-15-8-5-7-14-11-10-13(2)19-17(14)15/h4-11,20H,1-3H3. The first-order chi connectivity index (χ1) is 11.4. The van der Waals surface area contributed by atoms with Crippen LogP contribution >= 0.6 is 0 Å². The Morgan fingerprint density at radius 3 is 2.50 bits per heavy atom. The summed E-state index contributed by atoms with van der Waals surface area (Å²) in [5.41, 5.74) is 2.64. The predicted molar refractivity (Wildman–Crippen MR) is 95.0 cm³/mol. The highest BCUT2D eigenvalue weighted by molar-refractivity contribution is 7.92. The molecule has 0 saturated heterocycles. The van der Waals surface area contributed by atoms with Crippen LogP contribution in [0.2, 0.25) is 0 Å². The van der Waals surface area contributed by atoms with Gasteiger partial charge < -0.3 is 4.74 Å². The van der Waals surface area contributed by atoms with Gasteiger partial charge in [-0.05, 0) is 37.6 Å². The highest BCUT2D eigenvalue weighted by Gasteiger charge is 2.21. The molecule has 0 atom stereocenters. The summed E-state index contributed by atoms with van der Waals surface area (Å²) in [5.74, 6) is 0.342. The van der Waals surface area contributed by atoms with Crippen molar-refractivity contribution in [2.45, 2.75) is 18.7 Å². The number of hydrogen-bond acceptors (Lipinski definition) is 4. The van der Waals surface area contributed by atoms with Gasteiger partial charge in [0.15, 0.2) is 0 Å². The Morgan fingerprint density at radius 1 is 1.00 bits per heavy atom. The van der Waals surface area contributed by atoms with E-state index >= 15 is 0 Å². The average Bonchev–Trinajstić information content (AvgIpc) is 2.55. The zero-order valence-corrected chi connectivity index (χ0v) is 14.5. The van der Waals surface area contributed by atoms with Gasteiger partial charge in [0.25, 0.3) is 10.0 Å². The maximum absolute atomic E-state index is 12.8. The number of aromatic nitrogens is 1. The van der Waals surface area contributed by atoms with Crippen molar-refractivity contribution in [1.82, 2.24) is 4.98 Å². The molecule has 6 heteroatoms. The van der Waals surface area contributed by atoms with Crippen LogP contribution < -0.4 is 9.46 Å². The molecule has 5 nitrogen and oxygen atoms in total. The van der Waals surface area contributed by atoms with Gasteiger partial charge in [-0.2, -0.15) is 0 Å². The second-order valence-corrected chi connectivity index (χ2v) is 7.19. The number of nitrogens with one attached hydrogen (secondary N) is 1. The lowest BCUT2D eigenvalue weighted by Gasteiger charge is -2.14. The van der Waals surface area contributed by atoms with E-state index in [2.05, 4.69) is 9.71 Å². The maximum atomic E-state index is 12.8. The minimum atomic E-state index is -3.80. The fourth-order valence-corrected chi connectivity index (χ4v) is 3.94. The van der Waals surface area contributed by atoms with Crippen molar-refractivity contribution in [1.29, 1.82) is 0 Å². The van der Waals surface area contributed by atoms with Crippen molar-refractivity contribution >= 4 is 26.6 Å². The molecule has 3 rings (SSSR count). The van der Waals surface area contributed by atoms with Crippen LogP contribution in [0.5, 0.6) is 5.75 Å². The number of ether oxygens (including phenoxy) is 1. The molecule has 0 aliphatic heterocycles. The summed E-state index contributed by atoms with van der Waals surface area (Å²) in [7, 11) is -2.34. The minimum absolute atomic E-state index is 0.106. The first-order valence-electron chi connectivity index (χ1n) is 7.45. The Balaban J connectivity index is 2.11. The molecule has 1 N–H and O–H groups in total. The van der Waals surface area contributed by atoms with Crippen LogP contribution in [0.1, 0.15) is 11.3 Å². The number of aryl methyl sites for hydroxylation is 2. The normalized spacial score (nSPS) is 11.5. The molecule has 124 valence electrons. The summed E-state index contributed by atoms with van der Waals surface area (Å²) in [4.78, 5) is 4.56. The number of pyridine rings is 1. The minimum Gasteiger partial charge on any atom is -0.495 e. The van der Waals surface area contributed by atoms with E-state index in [1.165, 1.54) is 13.2 Å². The van der Waals surface area contributed by atoms with Gasteiger partial charge in [-0.15, -0.1) is 0 Å². The summed E-state index contributed by atoms with van der Waals surface area (Å²) in [5, 5.41) is 0.872. The molecule has 0 aliphatic rings. The van der Waals surface area contributed by atoms with Gasteiger partial charge in [-0.3, -0.25) is 9.71 Å². The molecular weight excluding hydrogens is 324 g/mol. The number of rotatable bonds is 4. The Bertz CT molecular complexity index is 1010. The Morgan fingerprint density at radius 2 is 1.75 bits per heavy atom. The molecule has 0 bridgehead atoms. The van der Waals surface area contributed by atoms with Crippen LogP contribution in [0.4, 0.5) is 5.69 Å². The number of fused-ring (bicyclic) bond motifs is 1. The number of benzene rings is 2. The van der Waals surface area contributed by atoms with E-state index in [4.69, 9.17) is 4.74 Å². The molecule has 1 heterocycles.